The average Bonchev–Trinajstić information content (AvgIpc) is 2.60. The van der Waals surface area contributed by atoms with Crippen LogP contribution < -0.4 is 5.73 Å². The number of nitrogens with zero attached hydrogens (tertiary/aromatic N) is 1. The van der Waals surface area contributed by atoms with Crippen LogP contribution in [0.2, 0.25) is 0 Å². The Morgan fingerprint density at radius 3 is 2.65 bits per heavy atom. The van der Waals surface area contributed by atoms with E-state index < -0.39 is 0 Å². The molecule has 1 aromatic carbocycles. The summed E-state index contributed by atoms with van der Waals surface area (Å²) in [6.07, 6.45) is 9.24. The predicted molar refractivity (Wildman–Crippen MR) is 104 cm³/mol. The fraction of sp³-hybridized carbons (Fsp3) is 0.696. The maximum atomic E-state index is 13.8. The summed E-state index contributed by atoms with van der Waals surface area (Å²) in [5.41, 5.74) is 8.07. The van der Waals surface area contributed by atoms with Crippen LogP contribution in [0.4, 0.5) is 0 Å². The first kappa shape index (κ1) is 16.8. The molecule has 0 spiro atoms. The van der Waals surface area contributed by atoms with E-state index in [-0.39, 0.29) is 16.9 Å². The molecule has 3 heteroatoms. The molecule has 4 bridgehead atoms. The van der Waals surface area contributed by atoms with E-state index in [1.54, 1.807) is 0 Å². The molecule has 5 fully saturated rings. The van der Waals surface area contributed by atoms with Gasteiger partial charge in [-0.3, -0.25) is 4.79 Å². The van der Waals surface area contributed by atoms with Crippen LogP contribution in [-0.4, -0.2) is 29.9 Å². The number of nitrogens with two attached hydrogens (primary N) is 1. The van der Waals surface area contributed by atoms with Crippen LogP contribution in [0, 0.1) is 16.7 Å². The molecule has 3 nitrogen and oxygen atoms in total. The van der Waals surface area contributed by atoms with E-state index in [4.69, 9.17) is 5.73 Å². The highest BCUT2D eigenvalue weighted by atomic mass is 16.2. The molecule has 26 heavy (non-hydrogen) atoms. The number of carbonyl (C=O) groups excluding carboxylic acids is 1. The van der Waals surface area contributed by atoms with Crippen molar-refractivity contribution in [1.29, 1.82) is 0 Å². The lowest BCUT2D eigenvalue weighted by atomic mass is 9.38. The van der Waals surface area contributed by atoms with Crippen LogP contribution in [-0.2, 0) is 10.2 Å². The smallest absolute Gasteiger partial charge is 0.228 e. The summed E-state index contributed by atoms with van der Waals surface area (Å²) < 4.78 is 0. The Kier molecular flexibility index (Phi) is 3.60. The van der Waals surface area contributed by atoms with Crippen LogP contribution in [0.1, 0.15) is 63.9 Å². The van der Waals surface area contributed by atoms with E-state index in [1.807, 2.05) is 0 Å². The number of likely N-dealkylation sites (tertiary alicyclic amines) is 1. The Morgan fingerprint density at radius 1 is 1.12 bits per heavy atom. The molecule has 0 aromatic heterocycles. The minimum absolute atomic E-state index is 0.138. The summed E-state index contributed by atoms with van der Waals surface area (Å²) in [7, 11) is 0. The highest BCUT2D eigenvalue weighted by Crippen LogP contribution is 2.70. The second-order valence-electron chi connectivity index (χ2n) is 10.4. The first-order valence-corrected chi connectivity index (χ1v) is 10.5. The van der Waals surface area contributed by atoms with Gasteiger partial charge in [-0.25, -0.2) is 0 Å². The molecule has 4 unspecified atom stereocenters. The Morgan fingerprint density at radius 2 is 1.92 bits per heavy atom. The number of amides is 1. The van der Waals surface area contributed by atoms with Gasteiger partial charge in [-0.2, -0.15) is 0 Å². The molecule has 4 saturated carbocycles. The van der Waals surface area contributed by atoms with E-state index >= 15 is 0 Å². The quantitative estimate of drug-likeness (QED) is 0.878. The lowest BCUT2D eigenvalue weighted by molar-refractivity contribution is -0.171. The summed E-state index contributed by atoms with van der Waals surface area (Å²) >= 11 is 0. The zero-order chi connectivity index (χ0) is 18.0. The van der Waals surface area contributed by atoms with Crippen molar-refractivity contribution in [2.45, 2.75) is 69.7 Å². The lowest BCUT2D eigenvalue weighted by Crippen LogP contribution is -2.63. The Labute approximate surface area is 157 Å². The molecule has 0 radical (unpaired) electrons. The van der Waals surface area contributed by atoms with E-state index in [1.165, 1.54) is 24.8 Å². The van der Waals surface area contributed by atoms with Gasteiger partial charge in [0.1, 0.15) is 0 Å². The third-order valence-electron chi connectivity index (χ3n) is 7.93. The maximum absolute atomic E-state index is 13.8. The fourth-order valence-electron chi connectivity index (χ4n) is 7.80. The molecular formula is C23H32N2O. The monoisotopic (exact) mass is 352 g/mol. The van der Waals surface area contributed by atoms with Gasteiger partial charge in [0.15, 0.2) is 0 Å². The third kappa shape index (κ3) is 2.46. The van der Waals surface area contributed by atoms with Gasteiger partial charge >= 0.3 is 0 Å². The maximum Gasteiger partial charge on any atom is 0.228 e. The minimum atomic E-state index is -0.138. The summed E-state index contributed by atoms with van der Waals surface area (Å²) in [6, 6.07) is 11.3. The van der Waals surface area contributed by atoms with Gasteiger partial charge in [-0.1, -0.05) is 37.3 Å². The molecule has 1 aliphatic heterocycles. The van der Waals surface area contributed by atoms with Gasteiger partial charge in [0, 0.05) is 19.1 Å². The van der Waals surface area contributed by atoms with Crippen molar-refractivity contribution in [2.75, 3.05) is 13.1 Å². The second kappa shape index (κ2) is 5.58. The van der Waals surface area contributed by atoms with Crippen molar-refractivity contribution in [2.24, 2.45) is 22.5 Å². The van der Waals surface area contributed by atoms with Crippen molar-refractivity contribution >= 4 is 5.91 Å². The minimum Gasteiger partial charge on any atom is -0.341 e. The van der Waals surface area contributed by atoms with E-state index in [0.29, 0.717) is 17.2 Å². The standard InChI is InChI=1S/C23H32N2O/c1-21-10-17-11-22(14-21,18-6-3-2-4-7-18)16-23(12-17,15-21)20(26)25-9-5-8-19(24)13-25/h2-4,6-7,17,19H,5,8-16,24H2,1H3/t17?,19-,21?,22?,23?/m0/s1. The molecule has 140 valence electrons. The summed E-state index contributed by atoms with van der Waals surface area (Å²) in [6.45, 7) is 4.13. The van der Waals surface area contributed by atoms with Crippen LogP contribution in [0.15, 0.2) is 30.3 Å². The zero-order valence-corrected chi connectivity index (χ0v) is 16.0. The largest absolute Gasteiger partial charge is 0.341 e. The van der Waals surface area contributed by atoms with Gasteiger partial charge in [-0.05, 0) is 73.7 Å². The number of piperidine rings is 1. The Hall–Kier alpha value is -1.35. The summed E-state index contributed by atoms with van der Waals surface area (Å²) in [5.74, 6) is 1.14. The first-order chi connectivity index (χ1) is 12.4. The molecule has 2 N–H and O–H groups in total. The SMILES string of the molecule is CC12CC3CC(C(=O)N4CCC[C@H](N)C4)(C1)CC(c1ccccc1)(C3)C2. The number of rotatable bonds is 2. The summed E-state index contributed by atoms with van der Waals surface area (Å²) in [5, 5.41) is 0. The Balaban J connectivity index is 1.53. The van der Waals surface area contributed by atoms with Crippen molar-refractivity contribution in [1.82, 2.24) is 4.90 Å². The molecular weight excluding hydrogens is 320 g/mol. The van der Waals surface area contributed by atoms with Gasteiger partial charge < -0.3 is 10.6 Å². The van der Waals surface area contributed by atoms with E-state index in [9.17, 15) is 4.79 Å². The van der Waals surface area contributed by atoms with Crippen molar-refractivity contribution in [3.8, 4) is 0 Å². The van der Waals surface area contributed by atoms with Crippen LogP contribution in [0.25, 0.3) is 0 Å². The van der Waals surface area contributed by atoms with E-state index in [2.05, 4.69) is 42.2 Å². The normalized spacial score (nSPS) is 44.3. The second-order valence-corrected chi connectivity index (χ2v) is 10.4. The Bertz CT molecular complexity index is 718. The van der Waals surface area contributed by atoms with E-state index in [0.717, 1.165) is 45.2 Å². The molecule has 1 saturated heterocycles. The molecule has 1 amide bonds. The van der Waals surface area contributed by atoms with Crippen LogP contribution >= 0.6 is 0 Å². The van der Waals surface area contributed by atoms with Crippen molar-refractivity contribution in [3.63, 3.8) is 0 Å². The van der Waals surface area contributed by atoms with Gasteiger partial charge in [0.05, 0.1) is 5.41 Å². The zero-order valence-electron chi connectivity index (χ0n) is 16.0. The number of benzene rings is 1. The van der Waals surface area contributed by atoms with Gasteiger partial charge in [-0.15, -0.1) is 0 Å². The molecule has 5 aliphatic rings. The molecule has 6 rings (SSSR count). The van der Waals surface area contributed by atoms with Gasteiger partial charge in [0.25, 0.3) is 0 Å². The third-order valence-corrected chi connectivity index (χ3v) is 7.93. The van der Waals surface area contributed by atoms with Crippen molar-refractivity contribution < 1.29 is 4.79 Å². The van der Waals surface area contributed by atoms with Crippen LogP contribution in [0.5, 0.6) is 0 Å². The number of carbonyl (C=O) groups is 1. The predicted octanol–water partition coefficient (Wildman–Crippen LogP) is 3.86. The summed E-state index contributed by atoms with van der Waals surface area (Å²) in [4.78, 5) is 15.9. The highest BCUT2D eigenvalue weighted by Gasteiger charge is 2.65. The molecule has 4 aliphatic carbocycles. The number of hydrogen-bond donors (Lipinski definition) is 1. The van der Waals surface area contributed by atoms with Gasteiger partial charge in [0.2, 0.25) is 5.91 Å². The molecule has 5 atom stereocenters. The molecule has 1 aromatic rings. The topological polar surface area (TPSA) is 46.3 Å². The average molecular weight is 353 g/mol. The fourth-order valence-corrected chi connectivity index (χ4v) is 7.80. The highest BCUT2D eigenvalue weighted by molar-refractivity contribution is 5.84. The van der Waals surface area contributed by atoms with Crippen molar-refractivity contribution in [3.05, 3.63) is 35.9 Å². The number of hydrogen-bond acceptors (Lipinski definition) is 2. The first-order valence-electron chi connectivity index (χ1n) is 10.5. The molecule has 1 heterocycles. The lowest BCUT2D eigenvalue weighted by Gasteiger charge is -2.66. The van der Waals surface area contributed by atoms with Crippen LogP contribution in [0.3, 0.4) is 0 Å².